The Labute approximate surface area is 159 Å². The van der Waals surface area contributed by atoms with Crippen molar-refractivity contribution in [3.05, 3.63) is 42.1 Å². The number of carbonyl (C=O) groups excluding carboxylic acids is 1. The van der Waals surface area contributed by atoms with Crippen molar-refractivity contribution >= 4 is 27.0 Å². The third kappa shape index (κ3) is 3.69. The van der Waals surface area contributed by atoms with Crippen LogP contribution in [0.4, 0.5) is 0 Å². The lowest BCUT2D eigenvalue weighted by Gasteiger charge is -2.35. The largest absolute Gasteiger partial charge is 0.340 e. The summed E-state index contributed by atoms with van der Waals surface area (Å²) in [4.78, 5) is 18.9. The van der Waals surface area contributed by atoms with Crippen molar-refractivity contribution in [2.24, 2.45) is 0 Å². The summed E-state index contributed by atoms with van der Waals surface area (Å²) in [5, 5.41) is 1.02. The molecular weight excluding hydrogens is 364 g/mol. The Hall–Kier alpha value is -2.03. The average molecular weight is 388 g/mol. The Balaban J connectivity index is 1.40. The highest BCUT2D eigenvalue weighted by Crippen LogP contribution is 2.20. The van der Waals surface area contributed by atoms with E-state index >= 15 is 0 Å². The summed E-state index contributed by atoms with van der Waals surface area (Å²) >= 11 is 0. The second kappa shape index (κ2) is 7.53. The fourth-order valence-electron chi connectivity index (χ4n) is 3.84. The van der Waals surface area contributed by atoms with Crippen LogP contribution in [0.25, 0.3) is 10.9 Å². The van der Waals surface area contributed by atoms with E-state index in [0.717, 1.165) is 29.3 Å². The van der Waals surface area contributed by atoms with Crippen molar-refractivity contribution in [2.45, 2.75) is 19.3 Å². The summed E-state index contributed by atoms with van der Waals surface area (Å²) < 4.78 is 28.4. The smallest absolute Gasteiger partial charge is 0.282 e. The number of nitrogens with zero attached hydrogens (tertiary/aromatic N) is 4. The first-order valence-electron chi connectivity index (χ1n) is 9.41. The van der Waals surface area contributed by atoms with Gasteiger partial charge in [0.2, 0.25) is 5.91 Å². The van der Waals surface area contributed by atoms with Crippen LogP contribution in [0.1, 0.15) is 18.4 Å². The minimum Gasteiger partial charge on any atom is -0.340 e. The van der Waals surface area contributed by atoms with E-state index in [1.54, 1.807) is 15.4 Å². The summed E-state index contributed by atoms with van der Waals surface area (Å²) in [5.41, 5.74) is 1.76. The Morgan fingerprint density at radius 2 is 1.59 bits per heavy atom. The van der Waals surface area contributed by atoms with Gasteiger partial charge in [0.1, 0.15) is 0 Å². The third-order valence-corrected chi connectivity index (χ3v) is 7.40. The van der Waals surface area contributed by atoms with Crippen LogP contribution in [-0.4, -0.2) is 72.1 Å². The highest BCUT2D eigenvalue weighted by Gasteiger charge is 2.34. The molecule has 0 atom stereocenters. The van der Waals surface area contributed by atoms with Gasteiger partial charge in [-0.25, -0.2) is 0 Å². The lowest BCUT2D eigenvalue weighted by atomic mass is 10.1. The number of fused-ring (bicyclic) bond motifs is 1. The number of pyridine rings is 1. The van der Waals surface area contributed by atoms with Crippen LogP contribution >= 0.6 is 0 Å². The molecule has 2 aliphatic heterocycles. The van der Waals surface area contributed by atoms with Crippen LogP contribution in [0.5, 0.6) is 0 Å². The molecule has 0 unspecified atom stereocenters. The highest BCUT2D eigenvalue weighted by molar-refractivity contribution is 7.86. The molecule has 27 heavy (non-hydrogen) atoms. The Kier molecular flexibility index (Phi) is 5.12. The molecule has 0 N–H and O–H groups in total. The van der Waals surface area contributed by atoms with Gasteiger partial charge in [0, 0.05) is 50.9 Å². The molecule has 1 aromatic carbocycles. The summed E-state index contributed by atoms with van der Waals surface area (Å²) in [6.45, 7) is 2.80. The lowest BCUT2D eigenvalue weighted by molar-refractivity contribution is -0.131. The second-order valence-corrected chi connectivity index (χ2v) is 8.99. The molecule has 7 nitrogen and oxygen atoms in total. The van der Waals surface area contributed by atoms with Gasteiger partial charge in [-0.15, -0.1) is 0 Å². The number of hydrogen-bond acceptors (Lipinski definition) is 4. The van der Waals surface area contributed by atoms with Crippen LogP contribution in [0, 0.1) is 0 Å². The maximum Gasteiger partial charge on any atom is 0.282 e. The molecule has 144 valence electrons. The monoisotopic (exact) mass is 388 g/mol. The number of benzene rings is 1. The average Bonchev–Trinajstić information content (AvgIpc) is 3.24. The van der Waals surface area contributed by atoms with Crippen molar-refractivity contribution in [1.82, 2.24) is 18.5 Å². The van der Waals surface area contributed by atoms with Gasteiger partial charge in [0.25, 0.3) is 10.2 Å². The van der Waals surface area contributed by atoms with E-state index in [1.165, 1.54) is 4.31 Å². The summed E-state index contributed by atoms with van der Waals surface area (Å²) in [7, 11) is -3.38. The minimum atomic E-state index is -3.38. The number of para-hydroxylation sites is 1. The second-order valence-electron chi connectivity index (χ2n) is 7.06. The molecule has 2 aromatic rings. The number of rotatable bonds is 4. The molecule has 8 heteroatoms. The molecule has 3 heterocycles. The Morgan fingerprint density at radius 3 is 2.33 bits per heavy atom. The van der Waals surface area contributed by atoms with Crippen molar-refractivity contribution < 1.29 is 13.2 Å². The number of piperazine rings is 1. The predicted octanol–water partition coefficient (Wildman–Crippen LogP) is 1.26. The quantitative estimate of drug-likeness (QED) is 0.790. The minimum absolute atomic E-state index is 0.0198. The number of aromatic nitrogens is 1. The van der Waals surface area contributed by atoms with Gasteiger partial charge in [-0.1, -0.05) is 24.3 Å². The molecule has 4 rings (SSSR count). The summed E-state index contributed by atoms with van der Waals surface area (Å²) in [6.07, 6.45) is 3.87. The molecule has 0 spiro atoms. The van der Waals surface area contributed by atoms with E-state index in [-0.39, 0.29) is 12.3 Å². The van der Waals surface area contributed by atoms with Crippen molar-refractivity contribution in [1.29, 1.82) is 0 Å². The first-order valence-corrected chi connectivity index (χ1v) is 10.8. The van der Waals surface area contributed by atoms with Gasteiger partial charge in [0.05, 0.1) is 11.9 Å². The van der Waals surface area contributed by atoms with E-state index in [1.807, 2.05) is 30.3 Å². The van der Waals surface area contributed by atoms with Crippen molar-refractivity contribution in [3.8, 4) is 0 Å². The fourth-order valence-corrected chi connectivity index (χ4v) is 5.51. The molecule has 2 fully saturated rings. The number of carbonyl (C=O) groups is 1. The highest BCUT2D eigenvalue weighted by atomic mass is 32.2. The van der Waals surface area contributed by atoms with Gasteiger partial charge in [-0.2, -0.15) is 17.0 Å². The first-order chi connectivity index (χ1) is 13.1. The first kappa shape index (κ1) is 18.3. The molecule has 1 aromatic heterocycles. The van der Waals surface area contributed by atoms with Gasteiger partial charge in [-0.3, -0.25) is 9.78 Å². The zero-order valence-corrected chi connectivity index (χ0v) is 16.1. The van der Waals surface area contributed by atoms with Crippen molar-refractivity contribution in [3.63, 3.8) is 0 Å². The maximum atomic E-state index is 12.7. The van der Waals surface area contributed by atoms with E-state index in [9.17, 15) is 13.2 Å². The number of amides is 1. The predicted molar refractivity (Wildman–Crippen MR) is 103 cm³/mol. The molecule has 0 radical (unpaired) electrons. The van der Waals surface area contributed by atoms with E-state index in [0.29, 0.717) is 39.3 Å². The molecule has 2 aliphatic rings. The maximum absolute atomic E-state index is 12.7. The van der Waals surface area contributed by atoms with Gasteiger partial charge < -0.3 is 4.90 Å². The van der Waals surface area contributed by atoms with E-state index in [4.69, 9.17) is 0 Å². The normalized spacial score (nSPS) is 19.6. The zero-order valence-electron chi connectivity index (χ0n) is 15.2. The van der Waals surface area contributed by atoms with Gasteiger partial charge >= 0.3 is 0 Å². The molecule has 1 amide bonds. The fraction of sp³-hybridized carbons (Fsp3) is 0.474. The van der Waals surface area contributed by atoms with Crippen LogP contribution in [-0.2, 0) is 21.4 Å². The topological polar surface area (TPSA) is 73.8 Å². The SMILES string of the molecule is O=C(Cc1cccc2cccnc12)N1CCN(S(=O)(=O)N2CCCC2)CC1. The Bertz CT molecular complexity index is 928. The molecule has 0 aliphatic carbocycles. The third-order valence-electron chi connectivity index (χ3n) is 5.37. The summed E-state index contributed by atoms with van der Waals surface area (Å²) in [5.74, 6) is 0.0198. The van der Waals surface area contributed by atoms with E-state index in [2.05, 4.69) is 4.98 Å². The Morgan fingerprint density at radius 1 is 0.926 bits per heavy atom. The lowest BCUT2D eigenvalue weighted by Crippen LogP contribution is -2.54. The van der Waals surface area contributed by atoms with Crippen molar-refractivity contribution in [2.75, 3.05) is 39.3 Å². The van der Waals surface area contributed by atoms with Crippen LogP contribution in [0.2, 0.25) is 0 Å². The molecule has 0 bridgehead atoms. The molecule has 0 saturated carbocycles. The van der Waals surface area contributed by atoms with Crippen LogP contribution < -0.4 is 0 Å². The number of hydrogen-bond donors (Lipinski definition) is 0. The van der Waals surface area contributed by atoms with Crippen LogP contribution in [0.3, 0.4) is 0 Å². The van der Waals surface area contributed by atoms with Gasteiger partial charge in [-0.05, 0) is 24.5 Å². The van der Waals surface area contributed by atoms with Gasteiger partial charge in [0.15, 0.2) is 0 Å². The summed E-state index contributed by atoms with van der Waals surface area (Å²) in [6, 6.07) is 9.72. The molecule has 2 saturated heterocycles. The zero-order chi connectivity index (χ0) is 18.9. The molecular formula is C19H24N4O3S. The van der Waals surface area contributed by atoms with Crippen LogP contribution in [0.15, 0.2) is 36.5 Å². The van der Waals surface area contributed by atoms with E-state index < -0.39 is 10.2 Å². The standard InChI is InChI=1S/C19H24N4O3S/c24-18(15-17-6-3-5-16-7-4-8-20-19(16)17)21-11-13-23(14-12-21)27(25,26)22-9-1-2-10-22/h3-8H,1-2,9-15H2.